The fourth-order valence-corrected chi connectivity index (χ4v) is 1.04. The Bertz CT molecular complexity index is 273. The van der Waals surface area contributed by atoms with Crippen LogP contribution in [-0.4, -0.2) is 10.5 Å². The van der Waals surface area contributed by atoms with E-state index in [0.29, 0.717) is 0 Å². The summed E-state index contributed by atoms with van der Waals surface area (Å²) in [6.45, 7) is 3.71. The summed E-state index contributed by atoms with van der Waals surface area (Å²) in [4.78, 5) is 0. The van der Waals surface area contributed by atoms with E-state index in [1.165, 1.54) is 12.1 Å². The summed E-state index contributed by atoms with van der Waals surface area (Å²) >= 11 is 0. The van der Waals surface area contributed by atoms with Gasteiger partial charge in [-0.2, -0.15) is 0 Å². The van der Waals surface area contributed by atoms with Crippen molar-refractivity contribution in [1.82, 2.24) is 0 Å². The van der Waals surface area contributed by atoms with Gasteiger partial charge in [-0.1, -0.05) is 12.1 Å². The fourth-order valence-electron chi connectivity index (χ4n) is 0.922. The molecule has 0 aromatic heterocycles. The molecule has 3 heteroatoms. The van der Waals surface area contributed by atoms with E-state index in [1.807, 2.05) is 19.9 Å². The molecule has 0 amide bonds. The molecule has 0 aliphatic rings. The molecule has 0 fully saturated rings. The van der Waals surface area contributed by atoms with Crippen LogP contribution in [0.1, 0.15) is 19.4 Å². The lowest BCUT2D eigenvalue weighted by Gasteiger charge is -2.23. The van der Waals surface area contributed by atoms with E-state index in [4.69, 9.17) is 4.43 Å². The molecule has 0 atom stereocenters. The topological polar surface area (TPSA) is 9.23 Å². The van der Waals surface area contributed by atoms with Crippen molar-refractivity contribution >= 4 is 10.5 Å². The molecule has 12 heavy (non-hydrogen) atoms. The van der Waals surface area contributed by atoms with Crippen molar-refractivity contribution in [3.05, 3.63) is 35.6 Å². The Labute approximate surface area is 75.1 Å². The zero-order valence-corrected chi connectivity index (χ0v) is 8.10. The Balaban J connectivity index is 3.03. The maximum absolute atomic E-state index is 12.8. The van der Waals surface area contributed by atoms with Gasteiger partial charge in [0.2, 0.25) is 10.5 Å². The smallest absolute Gasteiger partial charge is 0.247 e. The maximum atomic E-state index is 12.8. The van der Waals surface area contributed by atoms with Gasteiger partial charge in [-0.15, -0.1) is 0 Å². The first-order valence-electron chi connectivity index (χ1n) is 3.67. The highest BCUT2D eigenvalue weighted by Gasteiger charge is 2.18. The fraction of sp³-hybridized carbons (Fsp3) is 0.333. The van der Waals surface area contributed by atoms with Crippen LogP contribution in [0.3, 0.4) is 0 Å². The van der Waals surface area contributed by atoms with Gasteiger partial charge in [0.1, 0.15) is 5.82 Å². The summed E-state index contributed by atoms with van der Waals surface area (Å²) < 4.78 is 17.8. The number of rotatable bonds is 2. The molecule has 0 N–H and O–H groups in total. The third kappa shape index (κ3) is 1.93. The second-order valence-electron chi connectivity index (χ2n) is 3.12. The molecule has 1 aromatic carbocycles. The molecule has 0 saturated carbocycles. The monoisotopic (exact) mass is 181 g/mol. The van der Waals surface area contributed by atoms with E-state index < -0.39 is 5.60 Å². The van der Waals surface area contributed by atoms with E-state index in [9.17, 15) is 4.39 Å². The number of hydrogen-bond acceptors (Lipinski definition) is 1. The van der Waals surface area contributed by atoms with Gasteiger partial charge in [0.15, 0.2) is 0 Å². The summed E-state index contributed by atoms with van der Waals surface area (Å²) in [6.07, 6.45) is 0. The van der Waals surface area contributed by atoms with Crippen LogP contribution >= 0.6 is 0 Å². The van der Waals surface area contributed by atoms with Crippen LogP contribution in [0.2, 0.25) is 0 Å². The summed E-state index contributed by atoms with van der Waals surface area (Å²) in [7, 11) is 2.96. The Hall–Kier alpha value is -0.673. The number of hydrogen-bond donors (Lipinski definition) is 0. The molecule has 1 aromatic rings. The molecule has 0 saturated heterocycles. The van der Waals surface area contributed by atoms with Gasteiger partial charge in [0.25, 0.3) is 0 Å². The second kappa shape index (κ2) is 3.37. The first-order valence-corrected chi connectivity index (χ1v) is 4.08. The summed E-state index contributed by atoms with van der Waals surface area (Å²) in [6, 6.07) is 6.36. The van der Waals surface area contributed by atoms with E-state index in [0.717, 1.165) is 5.56 Å². The Kier molecular flexibility index (Phi) is 2.64. The van der Waals surface area contributed by atoms with Gasteiger partial charge in [-0.05, 0) is 31.5 Å². The third-order valence-electron chi connectivity index (χ3n) is 1.77. The van der Waals surface area contributed by atoms with Crippen molar-refractivity contribution in [3.63, 3.8) is 0 Å². The van der Waals surface area contributed by atoms with Crippen molar-refractivity contribution in [3.8, 4) is 0 Å². The minimum atomic E-state index is -0.501. The first-order chi connectivity index (χ1) is 5.56. The minimum Gasteiger partial charge on any atom is -0.410 e. The van der Waals surface area contributed by atoms with Gasteiger partial charge in [0, 0.05) is 0 Å². The molecule has 63 valence electrons. The Morgan fingerprint density at radius 3 is 2.58 bits per heavy atom. The van der Waals surface area contributed by atoms with Crippen LogP contribution in [0.5, 0.6) is 0 Å². The van der Waals surface area contributed by atoms with Crippen LogP contribution in [-0.2, 0) is 10.0 Å². The van der Waals surface area contributed by atoms with Crippen molar-refractivity contribution in [2.45, 2.75) is 19.4 Å². The predicted molar refractivity (Wildman–Crippen MR) is 46.3 cm³/mol. The molecule has 3 radical (unpaired) electrons. The lowest BCUT2D eigenvalue weighted by atomic mass is 9.99. The number of benzene rings is 1. The lowest BCUT2D eigenvalue weighted by molar-refractivity contribution is 0.123. The summed E-state index contributed by atoms with van der Waals surface area (Å²) in [5.74, 6) is -0.246. The normalized spacial score (nSPS) is 11.7. The van der Waals surface area contributed by atoms with Gasteiger partial charge in [-0.25, -0.2) is 4.39 Å². The average molecular weight is 181 g/mol. The van der Waals surface area contributed by atoms with E-state index in [2.05, 4.69) is 10.5 Å². The molecular weight excluding hydrogens is 171 g/mol. The molecule has 0 heterocycles. The largest absolute Gasteiger partial charge is 0.410 e. The first kappa shape index (κ1) is 9.42. The van der Waals surface area contributed by atoms with E-state index >= 15 is 0 Å². The summed E-state index contributed by atoms with van der Waals surface area (Å²) in [5.41, 5.74) is 0.302. The third-order valence-corrected chi connectivity index (χ3v) is 2.29. The van der Waals surface area contributed by atoms with Gasteiger partial charge >= 0.3 is 0 Å². The highest BCUT2D eigenvalue weighted by atomic mass is 28.2. The average Bonchev–Trinajstić information content (AvgIpc) is 2.05. The zero-order valence-electron chi connectivity index (χ0n) is 7.10. The quantitative estimate of drug-likeness (QED) is 0.635. The zero-order chi connectivity index (χ0) is 9.19. The standard InChI is InChI=1S/C9H10FOSi/c1-9(2,11-12)7-4-3-5-8(10)6-7/h3-6H,1-2H3. The molecule has 0 bridgehead atoms. The SMILES string of the molecule is CC(C)(O[Si])c1cccc(F)c1. The van der Waals surface area contributed by atoms with Crippen molar-refractivity contribution in [2.24, 2.45) is 0 Å². The van der Waals surface area contributed by atoms with Crippen molar-refractivity contribution < 1.29 is 8.82 Å². The minimum absolute atomic E-state index is 0.246. The highest BCUT2D eigenvalue weighted by molar-refractivity contribution is 5.98. The van der Waals surface area contributed by atoms with Gasteiger partial charge < -0.3 is 4.43 Å². The predicted octanol–water partition coefficient (Wildman–Crippen LogP) is 2.16. The van der Waals surface area contributed by atoms with Crippen molar-refractivity contribution in [2.75, 3.05) is 0 Å². The Morgan fingerprint density at radius 1 is 1.42 bits per heavy atom. The van der Waals surface area contributed by atoms with E-state index in [-0.39, 0.29) is 5.82 Å². The van der Waals surface area contributed by atoms with Gasteiger partial charge in [0.05, 0.1) is 5.60 Å². The second-order valence-corrected chi connectivity index (χ2v) is 3.33. The van der Waals surface area contributed by atoms with Crippen molar-refractivity contribution in [1.29, 1.82) is 0 Å². The van der Waals surface area contributed by atoms with Crippen LogP contribution in [0.25, 0.3) is 0 Å². The molecular formula is C9H10FOSi. The van der Waals surface area contributed by atoms with E-state index in [1.54, 1.807) is 6.07 Å². The number of halogens is 1. The molecule has 0 unspecified atom stereocenters. The van der Waals surface area contributed by atoms with Crippen LogP contribution < -0.4 is 0 Å². The Morgan fingerprint density at radius 2 is 2.08 bits per heavy atom. The van der Waals surface area contributed by atoms with Crippen LogP contribution in [0.4, 0.5) is 4.39 Å². The van der Waals surface area contributed by atoms with Crippen LogP contribution in [0, 0.1) is 5.82 Å². The van der Waals surface area contributed by atoms with Gasteiger partial charge in [-0.3, -0.25) is 0 Å². The van der Waals surface area contributed by atoms with Crippen LogP contribution in [0.15, 0.2) is 24.3 Å². The molecule has 1 nitrogen and oxygen atoms in total. The molecule has 1 rings (SSSR count). The maximum Gasteiger partial charge on any atom is 0.247 e. The highest BCUT2D eigenvalue weighted by Crippen LogP contribution is 2.23. The molecule has 0 spiro atoms. The lowest BCUT2D eigenvalue weighted by Crippen LogP contribution is -2.20. The molecule has 0 aliphatic carbocycles. The molecule has 0 aliphatic heterocycles. The summed E-state index contributed by atoms with van der Waals surface area (Å²) in [5, 5.41) is 0.